The molecule has 10 heteroatoms. The molecule has 0 amide bonds. The number of nitrogens with one attached hydrogen (secondary N) is 2. The lowest BCUT2D eigenvalue weighted by molar-refractivity contribution is -0.159. The quantitative estimate of drug-likeness (QED) is 0.211. The van der Waals surface area contributed by atoms with Crippen LogP contribution in [0.15, 0.2) is 12.1 Å². The Labute approximate surface area is 96.7 Å². The summed E-state index contributed by atoms with van der Waals surface area (Å²) in [5.41, 5.74) is 1.81. The summed E-state index contributed by atoms with van der Waals surface area (Å²) in [7, 11) is 0. The third-order valence-electron chi connectivity index (χ3n) is 1.36. The summed E-state index contributed by atoms with van der Waals surface area (Å²) in [6.45, 7) is 0. The lowest BCUT2D eigenvalue weighted by Crippen LogP contribution is -2.12. The first-order valence-electron chi connectivity index (χ1n) is 4.02. The number of aliphatic carboxylic acids is 2. The van der Waals surface area contributed by atoms with Crippen molar-refractivity contribution in [2.75, 3.05) is 5.43 Å². The molecule has 0 aromatic heterocycles. The van der Waals surface area contributed by atoms with E-state index in [9.17, 15) is 17.7 Å². The number of hydrogen-bond acceptors (Lipinski definition) is 4. The number of rotatable bonds is 2. The van der Waals surface area contributed by atoms with Crippen molar-refractivity contribution < 1.29 is 37.5 Å². The number of halogens is 4. The average Bonchev–Trinajstić information content (AvgIpc) is 2.26. The standard InChI is InChI=1S/C6H4F4N2.C2H2O4/c7-3-1-4(8)6(9)5(2-3)11-12-10;3-1(4)2(5)6/h1-2,11-12H;(H,3,4)(H,5,6). The number of hydrogen-bond donors (Lipinski definition) is 4. The van der Waals surface area contributed by atoms with Crippen molar-refractivity contribution in [3.63, 3.8) is 0 Å². The summed E-state index contributed by atoms with van der Waals surface area (Å²) in [4.78, 5) is 18.2. The van der Waals surface area contributed by atoms with E-state index in [1.165, 1.54) is 0 Å². The van der Waals surface area contributed by atoms with Crippen LogP contribution in [0.25, 0.3) is 0 Å². The zero-order valence-corrected chi connectivity index (χ0v) is 8.38. The van der Waals surface area contributed by atoms with Crippen molar-refractivity contribution in [1.82, 2.24) is 5.65 Å². The summed E-state index contributed by atoms with van der Waals surface area (Å²) in [5.74, 6) is -7.37. The molecule has 1 aromatic rings. The number of anilines is 1. The van der Waals surface area contributed by atoms with E-state index in [0.717, 1.165) is 5.65 Å². The minimum Gasteiger partial charge on any atom is -0.473 e. The molecule has 1 aromatic carbocycles. The van der Waals surface area contributed by atoms with Gasteiger partial charge in [0.1, 0.15) is 5.82 Å². The molecule has 0 heterocycles. The summed E-state index contributed by atoms with van der Waals surface area (Å²) < 4.78 is 48.6. The van der Waals surface area contributed by atoms with Gasteiger partial charge in [0.15, 0.2) is 11.6 Å². The monoisotopic (exact) mass is 270 g/mol. The van der Waals surface area contributed by atoms with Crippen LogP contribution in [0, 0.1) is 17.5 Å². The molecule has 0 bridgehead atoms. The predicted octanol–water partition coefficient (Wildman–Crippen LogP) is 1.06. The van der Waals surface area contributed by atoms with Crippen LogP contribution in [-0.2, 0) is 9.59 Å². The van der Waals surface area contributed by atoms with Crippen LogP contribution in [-0.4, -0.2) is 22.2 Å². The van der Waals surface area contributed by atoms with Gasteiger partial charge in [0.05, 0.1) is 5.69 Å². The van der Waals surface area contributed by atoms with Crippen LogP contribution in [0.1, 0.15) is 0 Å². The van der Waals surface area contributed by atoms with E-state index in [2.05, 4.69) is 0 Å². The van der Waals surface area contributed by atoms with Crippen LogP contribution in [0.5, 0.6) is 0 Å². The maximum atomic E-state index is 12.6. The molecule has 0 aliphatic carbocycles. The van der Waals surface area contributed by atoms with E-state index in [-0.39, 0.29) is 0 Å². The van der Waals surface area contributed by atoms with Crippen molar-refractivity contribution in [3.05, 3.63) is 29.6 Å². The third kappa shape index (κ3) is 5.12. The number of carbonyl (C=O) groups is 2. The lowest BCUT2D eigenvalue weighted by Gasteiger charge is -2.03. The molecule has 100 valence electrons. The van der Waals surface area contributed by atoms with E-state index in [0.29, 0.717) is 12.1 Å². The maximum absolute atomic E-state index is 12.6. The Kier molecular flexibility index (Phi) is 6.14. The maximum Gasteiger partial charge on any atom is 0.414 e. The van der Waals surface area contributed by atoms with Crippen molar-refractivity contribution >= 4 is 17.6 Å². The largest absolute Gasteiger partial charge is 0.473 e. The van der Waals surface area contributed by atoms with E-state index in [1.54, 1.807) is 5.43 Å². The normalized spacial score (nSPS) is 9.11. The summed E-state index contributed by atoms with van der Waals surface area (Å²) in [6, 6.07) is 0.976. The van der Waals surface area contributed by atoms with Gasteiger partial charge in [-0.05, 0) is 0 Å². The smallest absolute Gasteiger partial charge is 0.414 e. The molecule has 6 nitrogen and oxygen atoms in total. The molecular weight excluding hydrogens is 264 g/mol. The Hall–Kier alpha value is -2.36. The van der Waals surface area contributed by atoms with Crippen molar-refractivity contribution in [2.24, 2.45) is 0 Å². The Morgan fingerprint density at radius 2 is 1.56 bits per heavy atom. The van der Waals surface area contributed by atoms with Crippen LogP contribution >= 0.6 is 0 Å². The van der Waals surface area contributed by atoms with Gasteiger partial charge in [-0.2, -0.15) is 0 Å². The van der Waals surface area contributed by atoms with Gasteiger partial charge in [0, 0.05) is 12.1 Å². The Bertz CT molecular complexity index is 443. The Morgan fingerprint density at radius 3 is 1.94 bits per heavy atom. The summed E-state index contributed by atoms with van der Waals surface area (Å²) >= 11 is 0. The summed E-state index contributed by atoms with van der Waals surface area (Å²) in [6.07, 6.45) is 0. The zero-order valence-electron chi connectivity index (χ0n) is 8.38. The fourth-order valence-electron chi connectivity index (χ4n) is 0.698. The SMILES string of the molecule is FNNc1cc(F)cc(F)c1F.O=C(O)C(=O)O. The van der Waals surface area contributed by atoms with Gasteiger partial charge in [-0.15, -0.1) is 4.48 Å². The second-order valence-electron chi connectivity index (χ2n) is 2.58. The molecular formula is C8H6F4N2O4. The molecule has 1 rings (SSSR count). The average molecular weight is 270 g/mol. The van der Waals surface area contributed by atoms with Gasteiger partial charge < -0.3 is 10.2 Å². The topological polar surface area (TPSA) is 98.7 Å². The summed E-state index contributed by atoms with van der Waals surface area (Å²) in [5, 5.41) is 14.8. The number of hydrazine groups is 1. The Morgan fingerprint density at radius 1 is 1.06 bits per heavy atom. The van der Waals surface area contributed by atoms with Crippen LogP contribution in [0.3, 0.4) is 0 Å². The molecule has 0 saturated carbocycles. The van der Waals surface area contributed by atoms with Gasteiger partial charge in [0.2, 0.25) is 0 Å². The van der Waals surface area contributed by atoms with E-state index in [1.807, 2.05) is 0 Å². The van der Waals surface area contributed by atoms with Crippen LogP contribution < -0.4 is 11.1 Å². The molecule has 0 fully saturated rings. The highest BCUT2D eigenvalue weighted by molar-refractivity contribution is 6.27. The fourth-order valence-corrected chi connectivity index (χ4v) is 0.698. The third-order valence-corrected chi connectivity index (χ3v) is 1.36. The highest BCUT2D eigenvalue weighted by Crippen LogP contribution is 2.17. The highest BCUT2D eigenvalue weighted by Gasteiger charge is 2.09. The second kappa shape index (κ2) is 7.06. The van der Waals surface area contributed by atoms with Crippen molar-refractivity contribution in [2.45, 2.75) is 0 Å². The first kappa shape index (κ1) is 15.6. The van der Waals surface area contributed by atoms with Crippen LogP contribution in [0.2, 0.25) is 0 Å². The van der Waals surface area contributed by atoms with Crippen molar-refractivity contribution in [1.29, 1.82) is 0 Å². The molecule has 4 N–H and O–H groups in total. The minimum atomic E-state index is -1.82. The van der Waals surface area contributed by atoms with E-state index < -0.39 is 35.1 Å². The molecule has 0 unspecified atom stereocenters. The molecule has 0 aliphatic heterocycles. The van der Waals surface area contributed by atoms with E-state index >= 15 is 0 Å². The molecule has 0 spiro atoms. The van der Waals surface area contributed by atoms with E-state index in [4.69, 9.17) is 19.8 Å². The van der Waals surface area contributed by atoms with Gasteiger partial charge >= 0.3 is 11.9 Å². The first-order valence-corrected chi connectivity index (χ1v) is 4.02. The van der Waals surface area contributed by atoms with Gasteiger partial charge in [-0.3, -0.25) is 5.43 Å². The molecule has 18 heavy (non-hydrogen) atoms. The zero-order chi connectivity index (χ0) is 14.3. The number of carboxylic acid groups (broad SMARTS) is 2. The molecule has 0 aliphatic rings. The highest BCUT2D eigenvalue weighted by atomic mass is 19.2. The Balaban J connectivity index is 0.000000411. The number of carboxylic acids is 2. The van der Waals surface area contributed by atoms with Gasteiger partial charge in [-0.25, -0.2) is 22.8 Å². The number of benzene rings is 1. The second-order valence-corrected chi connectivity index (χ2v) is 2.58. The van der Waals surface area contributed by atoms with Crippen molar-refractivity contribution in [3.8, 4) is 0 Å². The minimum absolute atomic E-state index is 0.360. The van der Waals surface area contributed by atoms with Gasteiger partial charge in [0.25, 0.3) is 0 Å². The fraction of sp³-hybridized carbons (Fsp3) is 0. The van der Waals surface area contributed by atoms with Gasteiger partial charge in [-0.1, -0.05) is 5.65 Å². The lowest BCUT2D eigenvalue weighted by atomic mass is 10.3. The first-order chi connectivity index (χ1) is 8.29. The molecule has 0 radical (unpaired) electrons. The predicted molar refractivity (Wildman–Crippen MR) is 49.5 cm³/mol. The van der Waals surface area contributed by atoms with Crippen LogP contribution in [0.4, 0.5) is 23.3 Å². The molecule has 0 atom stereocenters. The molecule has 0 saturated heterocycles.